The molecule has 228 valence electrons. The Morgan fingerprint density at radius 3 is 2.63 bits per heavy atom. The first-order valence-electron chi connectivity index (χ1n) is 16.9. The summed E-state index contributed by atoms with van der Waals surface area (Å²) >= 11 is 0. The van der Waals surface area contributed by atoms with Crippen molar-refractivity contribution in [2.24, 2.45) is 0 Å². The standard InChI is InChI=1S/C32H38N4O6S/c1-34-13-15-42-16-14-35(2)43(39,40)33-31(37)22-9-11-27-28(19-22)36-20-24(32(34)38)17-23-18-25(41-3)10-12-26(23)30(36)29(27)21-7-5-4-6-8-21/h9-12,17-19,21H,4-8,13-16,20H2,1-3H3,(H,33,37)/i3D3,20D2. The average Bonchev–Trinajstić information content (AvgIpc) is 3.32. The molecule has 0 spiro atoms. The second kappa shape index (κ2) is 11.8. The van der Waals surface area contributed by atoms with Gasteiger partial charge in [0.2, 0.25) is 0 Å². The largest absolute Gasteiger partial charge is 0.497 e. The highest BCUT2D eigenvalue weighted by Crippen LogP contribution is 2.47. The lowest BCUT2D eigenvalue weighted by Crippen LogP contribution is -2.42. The maximum atomic E-state index is 14.2. The van der Waals surface area contributed by atoms with E-state index in [4.69, 9.17) is 13.6 Å². The molecule has 1 fully saturated rings. The van der Waals surface area contributed by atoms with E-state index in [1.165, 1.54) is 53.9 Å². The van der Waals surface area contributed by atoms with Crippen LogP contribution in [-0.2, 0) is 26.2 Å². The molecule has 0 atom stereocenters. The Morgan fingerprint density at radius 1 is 1.05 bits per heavy atom. The van der Waals surface area contributed by atoms with Crippen LogP contribution < -0.4 is 9.46 Å². The highest BCUT2D eigenvalue weighted by Gasteiger charge is 2.31. The van der Waals surface area contributed by atoms with Gasteiger partial charge in [-0.25, -0.2) is 4.72 Å². The van der Waals surface area contributed by atoms with Crippen LogP contribution in [0.15, 0.2) is 42.0 Å². The molecule has 1 aromatic heterocycles. The Bertz CT molecular complexity index is 1920. The molecule has 11 heteroatoms. The molecular weight excluding hydrogens is 568 g/mol. The molecule has 3 heterocycles. The number of hydrogen-bond donors (Lipinski definition) is 1. The number of hydrogen-bond acceptors (Lipinski definition) is 6. The smallest absolute Gasteiger partial charge is 0.303 e. The van der Waals surface area contributed by atoms with Crippen LogP contribution in [0.2, 0.25) is 0 Å². The quantitative estimate of drug-likeness (QED) is 0.466. The molecule has 2 aliphatic heterocycles. The number of ether oxygens (including phenoxy) is 2. The number of nitrogens with one attached hydrogen (secondary N) is 1. The molecule has 4 bridgehead atoms. The minimum Gasteiger partial charge on any atom is -0.497 e. The van der Waals surface area contributed by atoms with E-state index in [2.05, 4.69) is 4.72 Å². The van der Waals surface area contributed by atoms with Gasteiger partial charge in [0.1, 0.15) is 5.75 Å². The number of carbonyl (C=O) groups is 2. The first kappa shape index (κ1) is 23.7. The summed E-state index contributed by atoms with van der Waals surface area (Å²) < 4.78 is 83.5. The fourth-order valence-corrected chi connectivity index (χ4v) is 7.00. The van der Waals surface area contributed by atoms with Crippen LogP contribution in [-0.4, -0.2) is 81.4 Å². The van der Waals surface area contributed by atoms with Gasteiger partial charge in [0, 0.05) is 54.8 Å². The normalized spacial score (nSPS) is 23.6. The Morgan fingerprint density at radius 2 is 1.84 bits per heavy atom. The second-order valence-corrected chi connectivity index (χ2v) is 13.1. The maximum absolute atomic E-state index is 14.2. The number of amides is 2. The van der Waals surface area contributed by atoms with Gasteiger partial charge in [-0.15, -0.1) is 0 Å². The highest BCUT2D eigenvalue weighted by molar-refractivity contribution is 7.87. The van der Waals surface area contributed by atoms with Crippen LogP contribution in [0.25, 0.3) is 28.2 Å². The zero-order valence-electron chi connectivity index (χ0n) is 29.2. The number of fused-ring (bicyclic) bond motifs is 4. The van der Waals surface area contributed by atoms with Crippen molar-refractivity contribution in [3.8, 4) is 17.0 Å². The molecule has 1 aliphatic carbocycles. The van der Waals surface area contributed by atoms with Gasteiger partial charge in [-0.05, 0) is 66.3 Å². The third kappa shape index (κ3) is 5.57. The summed E-state index contributed by atoms with van der Waals surface area (Å²) in [6.45, 7) is -2.43. The predicted octanol–water partition coefficient (Wildman–Crippen LogP) is 4.16. The molecular formula is C32H38N4O6S. The van der Waals surface area contributed by atoms with Gasteiger partial charge in [0.05, 0.1) is 39.3 Å². The predicted molar refractivity (Wildman–Crippen MR) is 165 cm³/mol. The summed E-state index contributed by atoms with van der Waals surface area (Å²) in [6.07, 6.45) is 6.16. The fourth-order valence-electron chi connectivity index (χ4n) is 6.18. The zero-order chi connectivity index (χ0) is 34.6. The first-order chi connectivity index (χ1) is 22.6. The molecule has 3 aliphatic rings. The van der Waals surface area contributed by atoms with Crippen LogP contribution in [0.3, 0.4) is 0 Å². The lowest BCUT2D eigenvalue weighted by molar-refractivity contribution is -0.126. The van der Waals surface area contributed by atoms with Crippen molar-refractivity contribution in [1.29, 1.82) is 0 Å². The van der Waals surface area contributed by atoms with Crippen molar-refractivity contribution in [2.45, 2.75) is 44.5 Å². The van der Waals surface area contributed by atoms with E-state index < -0.39 is 35.6 Å². The number of aromatic nitrogens is 1. The van der Waals surface area contributed by atoms with E-state index in [9.17, 15) is 20.7 Å². The second-order valence-electron chi connectivity index (χ2n) is 11.3. The topological polar surface area (TPSA) is 110 Å². The number of benzene rings is 2. The Labute approximate surface area is 259 Å². The molecule has 0 saturated heterocycles. The molecule has 0 unspecified atom stereocenters. The van der Waals surface area contributed by atoms with Crippen molar-refractivity contribution in [3.63, 3.8) is 0 Å². The van der Waals surface area contributed by atoms with E-state index >= 15 is 0 Å². The average molecular weight is 612 g/mol. The van der Waals surface area contributed by atoms with Gasteiger partial charge in [-0.2, -0.15) is 12.7 Å². The summed E-state index contributed by atoms with van der Waals surface area (Å²) in [5, 5.41) is 0.680. The lowest BCUT2D eigenvalue weighted by atomic mass is 9.81. The molecule has 3 aromatic rings. The Balaban J connectivity index is 1.67. The van der Waals surface area contributed by atoms with Crippen LogP contribution in [0, 0.1) is 0 Å². The van der Waals surface area contributed by atoms with Crippen molar-refractivity contribution in [3.05, 3.63) is 58.7 Å². The minimum absolute atomic E-state index is 0.00814. The molecule has 0 radical (unpaired) electrons. The maximum Gasteiger partial charge on any atom is 0.303 e. The van der Waals surface area contributed by atoms with Crippen molar-refractivity contribution in [1.82, 2.24) is 18.5 Å². The number of likely N-dealkylation sites (N-methyl/N-ethyl adjacent to an activating group) is 2. The van der Waals surface area contributed by atoms with Crippen molar-refractivity contribution < 1.29 is 34.3 Å². The fraction of sp³-hybridized carbons (Fsp3) is 0.438. The molecule has 2 amide bonds. The van der Waals surface area contributed by atoms with Gasteiger partial charge in [0.15, 0.2) is 0 Å². The van der Waals surface area contributed by atoms with Crippen LogP contribution in [0.5, 0.6) is 5.75 Å². The monoisotopic (exact) mass is 611 g/mol. The van der Waals surface area contributed by atoms with Crippen molar-refractivity contribution in [2.75, 3.05) is 47.4 Å². The lowest BCUT2D eigenvalue weighted by Gasteiger charge is -2.24. The highest BCUT2D eigenvalue weighted by atomic mass is 32.2. The number of nitrogens with zero attached hydrogens (tertiary/aromatic N) is 3. The van der Waals surface area contributed by atoms with Crippen LogP contribution in [0.1, 0.15) is 66.4 Å². The number of methoxy groups -OCH3 is 1. The van der Waals surface area contributed by atoms with Crippen molar-refractivity contribution >= 4 is 39.0 Å². The van der Waals surface area contributed by atoms with Gasteiger partial charge < -0.3 is 18.9 Å². The van der Waals surface area contributed by atoms with Gasteiger partial charge in [-0.3, -0.25) is 9.59 Å². The molecule has 1 N–H and O–H groups in total. The van der Waals surface area contributed by atoms with E-state index in [1.807, 2.05) is 0 Å². The SMILES string of the molecule is [2H]C([2H])([2H])Oc1ccc2c(c1)C=C1C(=O)N(C)CCOCCN(C)S(=O)(=O)NC(=O)c3ccc4c(C5CCCCC5)c-2n(c4c3)C1([2H])[2H]. The third-order valence-corrected chi connectivity index (χ3v) is 9.99. The van der Waals surface area contributed by atoms with Crippen LogP contribution >= 0.6 is 0 Å². The molecule has 6 rings (SSSR count). The number of rotatable bonds is 2. The van der Waals surface area contributed by atoms with E-state index in [-0.39, 0.29) is 49.1 Å². The van der Waals surface area contributed by atoms with E-state index in [1.54, 1.807) is 12.1 Å². The Kier molecular flexibility index (Phi) is 6.51. The third-order valence-electron chi connectivity index (χ3n) is 8.54. The zero-order valence-corrected chi connectivity index (χ0v) is 25.0. The summed E-state index contributed by atoms with van der Waals surface area (Å²) in [5.41, 5.74) is 2.41. The summed E-state index contributed by atoms with van der Waals surface area (Å²) in [7, 11) is -4.12. The molecule has 10 nitrogen and oxygen atoms in total. The molecule has 1 saturated carbocycles. The van der Waals surface area contributed by atoms with Gasteiger partial charge in [0.25, 0.3) is 11.8 Å². The Hall–Kier alpha value is -3.67. The van der Waals surface area contributed by atoms with Gasteiger partial charge in [-0.1, -0.05) is 25.3 Å². The first-order valence-corrected chi connectivity index (χ1v) is 15.9. The number of carbonyl (C=O) groups excluding carboxylic acids is 2. The van der Waals surface area contributed by atoms with E-state index in [0.29, 0.717) is 27.7 Å². The summed E-state index contributed by atoms with van der Waals surface area (Å²) in [6, 6.07) is 9.39. The van der Waals surface area contributed by atoms with Crippen LogP contribution in [0.4, 0.5) is 0 Å². The molecule has 43 heavy (non-hydrogen) atoms. The molecule has 2 aromatic carbocycles. The minimum atomic E-state index is -4.23. The van der Waals surface area contributed by atoms with Gasteiger partial charge >= 0.3 is 10.2 Å². The van der Waals surface area contributed by atoms with E-state index in [0.717, 1.165) is 42.0 Å². The summed E-state index contributed by atoms with van der Waals surface area (Å²) in [5.74, 6) is -1.45. The summed E-state index contributed by atoms with van der Waals surface area (Å²) in [4.78, 5) is 28.9.